The third kappa shape index (κ3) is 4.23. The molecule has 1 aliphatic rings. The summed E-state index contributed by atoms with van der Waals surface area (Å²) >= 11 is 0. The number of carbonyl (C=O) groups excluding carboxylic acids is 1. The van der Waals surface area contributed by atoms with E-state index in [2.05, 4.69) is 4.98 Å². The normalized spacial score (nSPS) is 14.3. The van der Waals surface area contributed by atoms with Crippen molar-refractivity contribution in [3.8, 4) is 23.5 Å². The highest BCUT2D eigenvalue weighted by molar-refractivity contribution is 7.89. The summed E-state index contributed by atoms with van der Waals surface area (Å²) in [6.45, 7) is 1.52. The molecule has 1 aliphatic heterocycles. The van der Waals surface area contributed by atoms with E-state index in [1.54, 1.807) is 23.1 Å². The Balaban J connectivity index is 1.51. The van der Waals surface area contributed by atoms with Gasteiger partial charge in [-0.15, -0.1) is 0 Å². The second-order valence-electron chi connectivity index (χ2n) is 7.69. The number of carbonyl (C=O) groups is 1. The summed E-state index contributed by atoms with van der Waals surface area (Å²) in [5.74, 6) is 0.816. The molecule has 34 heavy (non-hydrogen) atoms. The van der Waals surface area contributed by atoms with Crippen molar-refractivity contribution >= 4 is 21.8 Å². The van der Waals surface area contributed by atoms with E-state index in [1.165, 1.54) is 39.6 Å². The average molecular weight is 486 g/mol. The molecular formula is C22H23N5O6S. The zero-order chi connectivity index (χ0) is 24.5. The number of oxazole rings is 1. The lowest BCUT2D eigenvalue weighted by atomic mass is 10.1. The summed E-state index contributed by atoms with van der Waals surface area (Å²) in [7, 11) is 0.403. The van der Waals surface area contributed by atoms with Crippen LogP contribution in [-0.2, 0) is 10.0 Å². The Hall–Kier alpha value is -3.82. The van der Waals surface area contributed by atoms with Crippen LogP contribution < -0.4 is 9.64 Å². The lowest BCUT2D eigenvalue weighted by Crippen LogP contribution is -2.49. The number of rotatable bonds is 6. The molecule has 11 nitrogen and oxygen atoms in total. The number of nitrogens with zero attached hydrogens (tertiary/aromatic N) is 5. The molecule has 0 saturated carbocycles. The molecule has 0 aliphatic carbocycles. The first-order valence-electron chi connectivity index (χ1n) is 10.4. The van der Waals surface area contributed by atoms with Crippen LogP contribution in [0, 0.1) is 11.3 Å². The van der Waals surface area contributed by atoms with Gasteiger partial charge in [0.25, 0.3) is 11.8 Å². The number of ether oxygens (including phenoxy) is 1. The quantitative estimate of drug-likeness (QED) is 0.514. The molecule has 0 bridgehead atoms. The summed E-state index contributed by atoms with van der Waals surface area (Å²) in [5.41, 5.74) is 0.382. The monoisotopic (exact) mass is 485 g/mol. The summed E-state index contributed by atoms with van der Waals surface area (Å²) in [5, 5.41) is 9.47. The topological polar surface area (TPSA) is 133 Å². The second-order valence-corrected chi connectivity index (χ2v) is 9.81. The highest BCUT2D eigenvalue weighted by Crippen LogP contribution is 2.30. The fourth-order valence-corrected chi connectivity index (χ4v) is 4.68. The van der Waals surface area contributed by atoms with Crippen molar-refractivity contribution in [1.82, 2.24) is 14.2 Å². The van der Waals surface area contributed by atoms with Gasteiger partial charge in [-0.05, 0) is 30.3 Å². The molecule has 0 radical (unpaired) electrons. The van der Waals surface area contributed by atoms with E-state index >= 15 is 0 Å². The van der Waals surface area contributed by atoms with Crippen molar-refractivity contribution in [2.24, 2.45) is 0 Å². The Kier molecular flexibility index (Phi) is 6.32. The van der Waals surface area contributed by atoms with Gasteiger partial charge in [0.2, 0.25) is 21.6 Å². The van der Waals surface area contributed by atoms with Crippen molar-refractivity contribution in [3.63, 3.8) is 0 Å². The number of hydrogen-bond donors (Lipinski definition) is 0. The molecule has 0 unspecified atom stereocenters. The first-order valence-corrected chi connectivity index (χ1v) is 11.8. The minimum atomic E-state index is -3.80. The van der Waals surface area contributed by atoms with E-state index in [0.29, 0.717) is 37.8 Å². The third-order valence-electron chi connectivity index (χ3n) is 5.47. The van der Waals surface area contributed by atoms with E-state index in [9.17, 15) is 18.5 Å². The summed E-state index contributed by atoms with van der Waals surface area (Å²) < 4.78 is 42.7. The fraction of sp³-hybridized carbons (Fsp3) is 0.318. The number of amides is 1. The van der Waals surface area contributed by atoms with E-state index in [-0.39, 0.29) is 33.7 Å². The Morgan fingerprint density at radius 1 is 1.21 bits per heavy atom. The Morgan fingerprint density at radius 3 is 2.53 bits per heavy atom. The number of hydrogen-bond acceptors (Lipinski definition) is 9. The minimum Gasteiger partial charge on any atom is -0.495 e. The smallest absolute Gasteiger partial charge is 0.266 e. The molecule has 2 aromatic heterocycles. The van der Waals surface area contributed by atoms with Crippen LogP contribution in [0.2, 0.25) is 0 Å². The number of methoxy groups -OCH3 is 1. The van der Waals surface area contributed by atoms with Crippen LogP contribution in [0.5, 0.6) is 5.75 Å². The Bertz CT molecular complexity index is 1330. The zero-order valence-corrected chi connectivity index (χ0v) is 19.7. The van der Waals surface area contributed by atoms with Gasteiger partial charge in [-0.3, -0.25) is 4.79 Å². The van der Waals surface area contributed by atoms with Crippen LogP contribution in [0.1, 0.15) is 16.1 Å². The lowest BCUT2D eigenvalue weighted by molar-refractivity contribution is 0.0745. The molecule has 3 aromatic rings. The first kappa shape index (κ1) is 23.3. The van der Waals surface area contributed by atoms with Crippen molar-refractivity contribution < 1.29 is 26.8 Å². The van der Waals surface area contributed by atoms with Crippen LogP contribution in [0.25, 0.3) is 11.7 Å². The Morgan fingerprint density at radius 2 is 1.94 bits per heavy atom. The molecule has 0 N–H and O–H groups in total. The number of anilines is 1. The molecule has 0 atom stereocenters. The van der Waals surface area contributed by atoms with E-state index in [0.717, 1.165) is 4.31 Å². The minimum absolute atomic E-state index is 0.0738. The molecule has 1 aromatic carbocycles. The maximum atomic E-state index is 13.1. The number of nitriles is 1. The van der Waals surface area contributed by atoms with Crippen LogP contribution in [0.3, 0.4) is 0 Å². The fourth-order valence-electron chi connectivity index (χ4n) is 3.61. The third-order valence-corrected chi connectivity index (χ3v) is 7.31. The number of piperazine rings is 1. The van der Waals surface area contributed by atoms with Crippen molar-refractivity contribution in [3.05, 3.63) is 47.9 Å². The summed E-state index contributed by atoms with van der Waals surface area (Å²) in [6.07, 6.45) is 1.49. The van der Waals surface area contributed by atoms with Crippen LogP contribution in [0.15, 0.2) is 50.3 Å². The van der Waals surface area contributed by atoms with Gasteiger partial charge in [0, 0.05) is 45.8 Å². The predicted molar refractivity (Wildman–Crippen MR) is 121 cm³/mol. The number of benzene rings is 1. The second kappa shape index (κ2) is 9.20. The molecule has 4 rings (SSSR count). The molecule has 1 amide bonds. The van der Waals surface area contributed by atoms with E-state index in [4.69, 9.17) is 13.6 Å². The van der Waals surface area contributed by atoms with Gasteiger partial charge in [-0.25, -0.2) is 12.7 Å². The van der Waals surface area contributed by atoms with Gasteiger partial charge in [0.15, 0.2) is 5.76 Å². The van der Waals surface area contributed by atoms with Crippen molar-refractivity contribution in [2.45, 2.75) is 4.90 Å². The highest BCUT2D eigenvalue weighted by atomic mass is 32.2. The van der Waals surface area contributed by atoms with Gasteiger partial charge < -0.3 is 23.4 Å². The van der Waals surface area contributed by atoms with Crippen molar-refractivity contribution in [1.29, 1.82) is 5.26 Å². The molecule has 12 heteroatoms. The van der Waals surface area contributed by atoms with Gasteiger partial charge in [0.1, 0.15) is 16.7 Å². The van der Waals surface area contributed by atoms with E-state index < -0.39 is 10.0 Å². The number of aromatic nitrogens is 1. The maximum Gasteiger partial charge on any atom is 0.266 e. The van der Waals surface area contributed by atoms with E-state index in [1.807, 2.05) is 11.0 Å². The van der Waals surface area contributed by atoms with Gasteiger partial charge in [0.05, 0.1) is 13.4 Å². The predicted octanol–water partition coefficient (Wildman–Crippen LogP) is 2.03. The molecule has 1 fully saturated rings. The maximum absolute atomic E-state index is 13.1. The summed E-state index contributed by atoms with van der Waals surface area (Å²) in [4.78, 5) is 20.7. The average Bonchev–Trinajstić information content (AvgIpc) is 3.53. The largest absolute Gasteiger partial charge is 0.495 e. The molecular weight excluding hydrogens is 462 g/mol. The van der Waals surface area contributed by atoms with Gasteiger partial charge >= 0.3 is 0 Å². The summed E-state index contributed by atoms with van der Waals surface area (Å²) in [6, 6.07) is 9.78. The van der Waals surface area contributed by atoms with Gasteiger partial charge in [-0.1, -0.05) is 0 Å². The van der Waals surface area contributed by atoms with Crippen LogP contribution >= 0.6 is 0 Å². The Labute approximate surface area is 196 Å². The standard InChI is InChI=1S/C22H23N5O6S/c1-25(2)34(29,30)19-13-15(6-7-17(19)31-3)21(28)26-8-10-27(11-9-26)22-16(14-23)24-20(33-22)18-5-4-12-32-18/h4-7,12-13H,8-11H2,1-3H3. The molecule has 0 spiro atoms. The highest BCUT2D eigenvalue weighted by Gasteiger charge is 2.29. The molecule has 178 valence electrons. The SMILES string of the molecule is COc1ccc(C(=O)N2CCN(c3oc(-c4ccco4)nc3C#N)CC2)cc1S(=O)(=O)N(C)C. The van der Waals surface area contributed by atoms with Crippen LogP contribution in [0.4, 0.5) is 5.88 Å². The molecule has 3 heterocycles. The number of furan rings is 1. The first-order chi connectivity index (χ1) is 16.3. The molecule has 1 saturated heterocycles. The van der Waals surface area contributed by atoms with Crippen molar-refractivity contribution in [2.75, 3.05) is 52.3 Å². The number of sulfonamides is 1. The lowest BCUT2D eigenvalue weighted by Gasteiger charge is -2.34. The van der Waals surface area contributed by atoms with Crippen LogP contribution in [-0.4, -0.2) is 75.9 Å². The zero-order valence-electron chi connectivity index (χ0n) is 18.9. The van der Waals surface area contributed by atoms with Gasteiger partial charge in [-0.2, -0.15) is 10.2 Å².